The molecule has 1 N–H and O–H groups in total. The zero-order valence-electron chi connectivity index (χ0n) is 13.7. The predicted molar refractivity (Wildman–Crippen MR) is 89.8 cm³/mol. The first-order valence-corrected chi connectivity index (χ1v) is 8.21. The summed E-state index contributed by atoms with van der Waals surface area (Å²) in [7, 11) is 7.71. The van der Waals surface area contributed by atoms with E-state index in [2.05, 4.69) is 5.32 Å². The third kappa shape index (κ3) is 4.06. The second kappa shape index (κ2) is 7.21. The molecule has 2 rings (SSSR count). The lowest BCUT2D eigenvalue weighted by Crippen LogP contribution is -2.36. The maximum Gasteiger partial charge on any atom is 0.261 e. The van der Waals surface area contributed by atoms with Gasteiger partial charge in [0.2, 0.25) is 5.91 Å². The number of likely N-dealkylation sites (N-methyl/N-ethyl adjacent to an activating group) is 2. The molecule has 0 unspecified atom stereocenters. The molecule has 0 bridgehead atoms. The number of hydrogen-bond acceptors (Lipinski definition) is 5. The van der Waals surface area contributed by atoms with Crippen LogP contribution in [0.5, 0.6) is 0 Å². The molecule has 122 valence electrons. The van der Waals surface area contributed by atoms with Crippen LogP contribution in [0.25, 0.3) is 0 Å². The molecule has 22 heavy (non-hydrogen) atoms. The number of thiophene rings is 1. The number of carbonyl (C=O) groups is 2. The van der Waals surface area contributed by atoms with Crippen LogP contribution in [0, 0.1) is 0 Å². The number of fused-ring (bicyclic) bond motifs is 1. The second-order valence-electron chi connectivity index (χ2n) is 6.01. The van der Waals surface area contributed by atoms with Gasteiger partial charge in [0.1, 0.15) is 0 Å². The number of nitrogens with one attached hydrogen (secondary N) is 1. The summed E-state index contributed by atoms with van der Waals surface area (Å²) in [6.07, 6.45) is 0.837. The van der Waals surface area contributed by atoms with Crippen molar-refractivity contribution >= 4 is 28.8 Å². The Morgan fingerprint density at radius 1 is 1.27 bits per heavy atom. The fourth-order valence-electron chi connectivity index (χ4n) is 2.37. The minimum absolute atomic E-state index is 0.0544. The minimum Gasteiger partial charge on any atom is -0.350 e. The summed E-state index contributed by atoms with van der Waals surface area (Å²) in [6.45, 7) is 2.54. The van der Waals surface area contributed by atoms with Crippen LogP contribution in [0.4, 0.5) is 5.69 Å². The molecule has 0 fully saturated rings. The quantitative estimate of drug-likeness (QED) is 0.827. The van der Waals surface area contributed by atoms with Crippen molar-refractivity contribution < 1.29 is 9.59 Å². The lowest BCUT2D eigenvalue weighted by Gasteiger charge is -2.18. The van der Waals surface area contributed by atoms with Crippen LogP contribution in [0.3, 0.4) is 0 Å². The molecule has 0 saturated carbocycles. The fraction of sp³-hybridized carbons (Fsp3) is 0.600. The first kappa shape index (κ1) is 16.9. The Balaban J connectivity index is 2.01. The van der Waals surface area contributed by atoms with Gasteiger partial charge >= 0.3 is 0 Å². The number of amides is 2. The molecule has 0 spiro atoms. The second-order valence-corrected chi connectivity index (χ2v) is 7.15. The summed E-state index contributed by atoms with van der Waals surface area (Å²) in [5.74, 6) is 0.0300. The molecule has 1 aromatic heterocycles. The van der Waals surface area contributed by atoms with Gasteiger partial charge in [-0.25, -0.2) is 0 Å². The van der Waals surface area contributed by atoms with Gasteiger partial charge in [-0.05, 0) is 34.3 Å². The highest BCUT2D eigenvalue weighted by Crippen LogP contribution is 2.35. The first-order valence-electron chi connectivity index (χ1n) is 7.39. The van der Waals surface area contributed by atoms with Crippen LogP contribution < -0.4 is 10.2 Å². The van der Waals surface area contributed by atoms with E-state index < -0.39 is 0 Å². The van der Waals surface area contributed by atoms with Crippen LogP contribution in [0.2, 0.25) is 0 Å². The summed E-state index contributed by atoms with van der Waals surface area (Å²) >= 11 is 1.50. The molecule has 0 radical (unpaired) electrons. The standard InChI is InChI=1S/C15H24N4O2S/c1-17(2)8-6-16-15(21)13-9-11-12(22-13)5-7-19(11)14(20)10-18(3)4/h9H,5-8,10H2,1-4H3,(H,16,21). The third-order valence-corrected chi connectivity index (χ3v) is 4.64. The maximum atomic E-state index is 12.2. The van der Waals surface area contributed by atoms with E-state index in [0.29, 0.717) is 18.0 Å². The highest BCUT2D eigenvalue weighted by molar-refractivity contribution is 7.14. The van der Waals surface area contributed by atoms with Gasteiger partial charge in [0.15, 0.2) is 0 Å². The number of nitrogens with zero attached hydrogens (tertiary/aromatic N) is 3. The van der Waals surface area contributed by atoms with Crippen molar-refractivity contribution in [2.45, 2.75) is 6.42 Å². The molecule has 1 aliphatic rings. The van der Waals surface area contributed by atoms with Gasteiger partial charge in [-0.3, -0.25) is 9.59 Å². The Hall–Kier alpha value is -1.44. The topological polar surface area (TPSA) is 55.9 Å². The molecule has 6 nitrogen and oxygen atoms in total. The molecule has 1 aliphatic heterocycles. The van der Waals surface area contributed by atoms with Crippen molar-refractivity contribution in [2.24, 2.45) is 0 Å². The molecule has 1 aromatic rings. The smallest absolute Gasteiger partial charge is 0.261 e. The summed E-state index contributed by atoms with van der Waals surface area (Å²) in [5.41, 5.74) is 0.912. The molecular formula is C15H24N4O2S. The van der Waals surface area contributed by atoms with Crippen molar-refractivity contribution in [1.82, 2.24) is 15.1 Å². The summed E-state index contributed by atoms with van der Waals surface area (Å²) < 4.78 is 0. The third-order valence-electron chi connectivity index (χ3n) is 3.46. The Morgan fingerprint density at radius 3 is 2.64 bits per heavy atom. The molecule has 0 saturated heterocycles. The van der Waals surface area contributed by atoms with Crippen LogP contribution in [0.1, 0.15) is 14.5 Å². The van der Waals surface area contributed by atoms with Gasteiger partial charge in [0.05, 0.1) is 17.1 Å². The predicted octanol–water partition coefficient (Wildman–Crippen LogP) is 0.490. The summed E-state index contributed by atoms with van der Waals surface area (Å²) in [4.78, 5) is 31.9. The van der Waals surface area contributed by atoms with E-state index in [1.54, 1.807) is 4.90 Å². The SMILES string of the molecule is CN(C)CCNC(=O)c1cc2c(s1)CCN2C(=O)CN(C)C. The van der Waals surface area contributed by atoms with Gasteiger partial charge in [0, 0.05) is 30.9 Å². The van der Waals surface area contributed by atoms with Crippen LogP contribution in [-0.2, 0) is 11.2 Å². The Bertz CT molecular complexity index is 554. The van der Waals surface area contributed by atoms with Crippen LogP contribution in [-0.4, -0.2) is 76.0 Å². The normalized spacial score (nSPS) is 13.8. The summed E-state index contributed by atoms with van der Waals surface area (Å²) in [6, 6.07) is 1.85. The molecule has 0 aliphatic carbocycles. The fourth-order valence-corrected chi connectivity index (χ4v) is 3.44. The largest absolute Gasteiger partial charge is 0.350 e. The Kier molecular flexibility index (Phi) is 5.55. The number of carbonyl (C=O) groups excluding carboxylic acids is 2. The molecule has 0 aromatic carbocycles. The molecule has 2 amide bonds. The van der Waals surface area contributed by atoms with Crippen LogP contribution >= 0.6 is 11.3 Å². The van der Waals surface area contributed by atoms with E-state index >= 15 is 0 Å². The summed E-state index contributed by atoms with van der Waals surface area (Å²) in [5, 5.41) is 2.91. The lowest BCUT2D eigenvalue weighted by molar-refractivity contribution is -0.119. The van der Waals surface area contributed by atoms with E-state index in [1.165, 1.54) is 11.3 Å². The van der Waals surface area contributed by atoms with E-state index in [0.717, 1.165) is 30.1 Å². The maximum absolute atomic E-state index is 12.2. The van der Waals surface area contributed by atoms with Crippen LogP contribution in [0.15, 0.2) is 6.07 Å². The molecular weight excluding hydrogens is 300 g/mol. The monoisotopic (exact) mass is 324 g/mol. The van der Waals surface area contributed by atoms with Gasteiger partial charge in [-0.1, -0.05) is 0 Å². The highest BCUT2D eigenvalue weighted by atomic mass is 32.1. The van der Waals surface area contributed by atoms with E-state index in [4.69, 9.17) is 0 Å². The average molecular weight is 324 g/mol. The zero-order valence-corrected chi connectivity index (χ0v) is 14.5. The first-order chi connectivity index (χ1) is 10.4. The Labute approximate surface area is 135 Å². The van der Waals surface area contributed by atoms with Gasteiger partial charge in [-0.2, -0.15) is 0 Å². The Morgan fingerprint density at radius 2 is 2.00 bits per heavy atom. The molecule has 2 heterocycles. The van der Waals surface area contributed by atoms with Crippen molar-refractivity contribution in [1.29, 1.82) is 0 Å². The van der Waals surface area contributed by atoms with Crippen molar-refractivity contribution in [3.05, 3.63) is 15.8 Å². The van der Waals surface area contributed by atoms with E-state index in [9.17, 15) is 9.59 Å². The van der Waals surface area contributed by atoms with Gasteiger partial charge in [0.25, 0.3) is 5.91 Å². The average Bonchev–Trinajstić information content (AvgIpc) is 2.96. The van der Waals surface area contributed by atoms with E-state index in [-0.39, 0.29) is 11.8 Å². The van der Waals surface area contributed by atoms with Gasteiger partial charge < -0.3 is 20.0 Å². The lowest BCUT2D eigenvalue weighted by atomic mass is 10.3. The van der Waals surface area contributed by atoms with Crippen molar-refractivity contribution in [3.63, 3.8) is 0 Å². The zero-order chi connectivity index (χ0) is 16.3. The molecule has 7 heteroatoms. The number of hydrogen-bond donors (Lipinski definition) is 1. The van der Waals surface area contributed by atoms with Gasteiger partial charge in [-0.15, -0.1) is 11.3 Å². The highest BCUT2D eigenvalue weighted by Gasteiger charge is 2.28. The van der Waals surface area contributed by atoms with Crippen molar-refractivity contribution in [2.75, 3.05) is 59.3 Å². The number of rotatable bonds is 6. The minimum atomic E-state index is -0.0544. The number of anilines is 1. The molecule has 0 atom stereocenters. The van der Waals surface area contributed by atoms with Crippen molar-refractivity contribution in [3.8, 4) is 0 Å². The van der Waals surface area contributed by atoms with E-state index in [1.807, 2.05) is 44.1 Å².